The molecule has 0 saturated heterocycles. The second kappa shape index (κ2) is 7.95. The van der Waals surface area contributed by atoms with E-state index in [4.69, 9.17) is 0 Å². The molecule has 0 radical (unpaired) electrons. The summed E-state index contributed by atoms with van der Waals surface area (Å²) < 4.78 is 1.41. The normalized spacial score (nSPS) is 12.3. The molecule has 1 unspecified atom stereocenters. The van der Waals surface area contributed by atoms with E-state index in [0.717, 1.165) is 25.7 Å². The van der Waals surface area contributed by atoms with Crippen LogP contribution in [-0.2, 0) is 6.54 Å². The maximum absolute atomic E-state index is 12.4. The Hall–Kier alpha value is -2.37. The van der Waals surface area contributed by atoms with Gasteiger partial charge in [-0.2, -0.15) is 0 Å². The number of rotatable bonds is 7. The van der Waals surface area contributed by atoms with Crippen LogP contribution in [-0.4, -0.2) is 21.5 Å². The summed E-state index contributed by atoms with van der Waals surface area (Å²) in [5.74, 6) is -0.170. The van der Waals surface area contributed by atoms with Crippen LogP contribution in [0.1, 0.15) is 56.8 Å². The summed E-state index contributed by atoms with van der Waals surface area (Å²) in [4.78, 5) is 38.5. The summed E-state index contributed by atoms with van der Waals surface area (Å²) in [7, 11) is 0. The summed E-state index contributed by atoms with van der Waals surface area (Å²) in [6.45, 7) is 6.35. The molecule has 1 atom stereocenters. The van der Waals surface area contributed by atoms with E-state index >= 15 is 0 Å². The van der Waals surface area contributed by atoms with E-state index in [-0.39, 0.29) is 11.9 Å². The number of aromatic nitrogens is 2. The van der Waals surface area contributed by atoms with Gasteiger partial charge < -0.3 is 14.9 Å². The molecule has 1 aromatic carbocycles. The van der Waals surface area contributed by atoms with Gasteiger partial charge in [0.25, 0.3) is 5.91 Å². The van der Waals surface area contributed by atoms with Crippen LogP contribution in [0.3, 0.4) is 0 Å². The van der Waals surface area contributed by atoms with Crippen LogP contribution < -0.4 is 16.4 Å². The molecule has 0 aliphatic rings. The maximum atomic E-state index is 12.4. The lowest BCUT2D eigenvalue weighted by Crippen LogP contribution is -2.36. The Bertz CT molecular complexity index is 835. The second-order valence-corrected chi connectivity index (χ2v) is 6.11. The Morgan fingerprint density at radius 1 is 1.25 bits per heavy atom. The average molecular weight is 331 g/mol. The van der Waals surface area contributed by atoms with Crippen molar-refractivity contribution in [2.75, 3.05) is 0 Å². The zero-order valence-electron chi connectivity index (χ0n) is 14.5. The van der Waals surface area contributed by atoms with Crippen LogP contribution in [0, 0.1) is 0 Å². The smallest absolute Gasteiger partial charge is 0.316 e. The zero-order chi connectivity index (χ0) is 17.7. The Labute approximate surface area is 140 Å². The highest BCUT2D eigenvalue weighted by Gasteiger charge is 2.12. The van der Waals surface area contributed by atoms with Gasteiger partial charge in [0.15, 0.2) is 0 Å². The molecule has 0 saturated carbocycles. The number of hydrogen-bond acceptors (Lipinski definition) is 3. The molecule has 1 amide bonds. The van der Waals surface area contributed by atoms with Crippen molar-refractivity contribution in [3.8, 4) is 0 Å². The first-order chi connectivity index (χ1) is 11.5. The fraction of sp³-hybridized carbons (Fsp3) is 0.500. The molecule has 24 heavy (non-hydrogen) atoms. The van der Waals surface area contributed by atoms with E-state index in [1.807, 2.05) is 6.92 Å². The number of nitrogens with one attached hydrogen (secondary N) is 2. The van der Waals surface area contributed by atoms with Gasteiger partial charge in [-0.15, -0.1) is 0 Å². The number of aryl methyl sites for hydroxylation is 1. The third-order valence-electron chi connectivity index (χ3n) is 4.17. The highest BCUT2D eigenvalue weighted by molar-refractivity contribution is 5.97. The molecule has 6 nitrogen and oxygen atoms in total. The average Bonchev–Trinajstić information content (AvgIpc) is 2.56. The summed E-state index contributed by atoms with van der Waals surface area (Å²) in [5, 5.41) is 2.97. The quantitative estimate of drug-likeness (QED) is 0.603. The monoisotopic (exact) mass is 331 g/mol. The molecule has 1 heterocycles. The Morgan fingerprint density at radius 2 is 2.00 bits per heavy atom. The fourth-order valence-electron chi connectivity index (χ4n) is 2.81. The lowest BCUT2D eigenvalue weighted by molar-refractivity contribution is 0.0938. The zero-order valence-corrected chi connectivity index (χ0v) is 14.5. The van der Waals surface area contributed by atoms with Gasteiger partial charge in [-0.05, 0) is 38.5 Å². The van der Waals surface area contributed by atoms with Gasteiger partial charge in [-0.3, -0.25) is 14.4 Å². The van der Waals surface area contributed by atoms with Crippen molar-refractivity contribution >= 4 is 16.9 Å². The summed E-state index contributed by atoms with van der Waals surface area (Å²) >= 11 is 0. The molecule has 0 aliphatic heterocycles. The van der Waals surface area contributed by atoms with E-state index in [0.29, 0.717) is 23.1 Å². The molecule has 6 heteroatoms. The van der Waals surface area contributed by atoms with Crippen LogP contribution in [0.5, 0.6) is 0 Å². The molecule has 2 N–H and O–H groups in total. The Morgan fingerprint density at radius 3 is 2.67 bits per heavy atom. The van der Waals surface area contributed by atoms with E-state index < -0.39 is 11.1 Å². The van der Waals surface area contributed by atoms with Gasteiger partial charge in [0, 0.05) is 18.2 Å². The molecule has 0 fully saturated rings. The first-order valence-electron chi connectivity index (χ1n) is 8.55. The fourth-order valence-corrected chi connectivity index (χ4v) is 2.81. The molecule has 0 aliphatic carbocycles. The number of fused-ring (bicyclic) bond motifs is 1. The highest BCUT2D eigenvalue weighted by Crippen LogP contribution is 2.12. The van der Waals surface area contributed by atoms with Crippen molar-refractivity contribution in [1.82, 2.24) is 14.9 Å². The Balaban J connectivity index is 2.24. The largest absolute Gasteiger partial charge is 0.350 e. The molecule has 0 spiro atoms. The first-order valence-corrected chi connectivity index (χ1v) is 8.55. The number of amides is 1. The maximum Gasteiger partial charge on any atom is 0.316 e. The van der Waals surface area contributed by atoms with Gasteiger partial charge in [0.1, 0.15) is 0 Å². The predicted octanol–water partition coefficient (Wildman–Crippen LogP) is 2.41. The lowest BCUT2D eigenvalue weighted by atomic mass is 10.1. The van der Waals surface area contributed by atoms with Gasteiger partial charge in [0.05, 0.1) is 11.0 Å². The van der Waals surface area contributed by atoms with E-state index in [2.05, 4.69) is 17.2 Å². The van der Waals surface area contributed by atoms with Crippen LogP contribution in [0.2, 0.25) is 0 Å². The third-order valence-corrected chi connectivity index (χ3v) is 4.17. The summed E-state index contributed by atoms with van der Waals surface area (Å²) in [6, 6.07) is 5.10. The SMILES string of the molecule is CCCCCC(C)NC(=O)c1ccc2c(c1)[nH]c(=O)c(=O)n2CC. The second-order valence-electron chi connectivity index (χ2n) is 6.11. The Kier molecular flexibility index (Phi) is 5.95. The van der Waals surface area contributed by atoms with E-state index in [9.17, 15) is 14.4 Å². The molecule has 2 aromatic rings. The number of H-pyrrole nitrogens is 1. The number of unbranched alkanes of at least 4 members (excludes halogenated alkanes) is 2. The van der Waals surface area contributed by atoms with Crippen LogP contribution in [0.15, 0.2) is 27.8 Å². The molecule has 1 aromatic heterocycles. The number of carbonyl (C=O) groups excluding carboxylic acids is 1. The van der Waals surface area contributed by atoms with Crippen molar-refractivity contribution in [2.24, 2.45) is 0 Å². The van der Waals surface area contributed by atoms with Crippen molar-refractivity contribution in [2.45, 2.75) is 59.0 Å². The number of carbonyl (C=O) groups is 1. The van der Waals surface area contributed by atoms with Gasteiger partial charge in [-0.1, -0.05) is 26.2 Å². The number of hydrogen-bond donors (Lipinski definition) is 2. The molecule has 2 rings (SSSR count). The van der Waals surface area contributed by atoms with Crippen molar-refractivity contribution in [3.05, 3.63) is 44.5 Å². The summed E-state index contributed by atoms with van der Waals surface area (Å²) in [6.07, 6.45) is 4.34. The van der Waals surface area contributed by atoms with Gasteiger partial charge in [-0.25, -0.2) is 0 Å². The minimum Gasteiger partial charge on any atom is -0.350 e. The lowest BCUT2D eigenvalue weighted by Gasteiger charge is -2.14. The summed E-state index contributed by atoms with van der Waals surface area (Å²) in [5.41, 5.74) is 0.339. The van der Waals surface area contributed by atoms with E-state index in [1.165, 1.54) is 4.57 Å². The van der Waals surface area contributed by atoms with Crippen LogP contribution in [0.4, 0.5) is 0 Å². The number of nitrogens with zero attached hydrogens (tertiary/aromatic N) is 1. The third kappa shape index (κ3) is 3.93. The minimum atomic E-state index is -0.671. The molecular weight excluding hydrogens is 306 g/mol. The number of aromatic amines is 1. The minimum absolute atomic E-state index is 0.100. The van der Waals surface area contributed by atoms with Crippen LogP contribution in [0.25, 0.3) is 11.0 Å². The molecule has 130 valence electrons. The predicted molar refractivity (Wildman–Crippen MR) is 95.6 cm³/mol. The van der Waals surface area contributed by atoms with Crippen molar-refractivity contribution < 1.29 is 4.79 Å². The highest BCUT2D eigenvalue weighted by atomic mass is 16.2. The van der Waals surface area contributed by atoms with Gasteiger partial charge in [0.2, 0.25) is 0 Å². The standard InChI is InChI=1S/C18H25N3O3/c1-4-6-7-8-12(3)19-16(22)13-9-10-15-14(11-13)20-17(23)18(24)21(15)5-2/h9-12H,4-8H2,1-3H3,(H,19,22)(H,20,23). The van der Waals surface area contributed by atoms with Crippen molar-refractivity contribution in [3.63, 3.8) is 0 Å². The molecule has 0 bridgehead atoms. The topological polar surface area (TPSA) is 84.0 Å². The molecular formula is C18H25N3O3. The van der Waals surface area contributed by atoms with Gasteiger partial charge >= 0.3 is 11.1 Å². The number of benzene rings is 1. The van der Waals surface area contributed by atoms with Crippen LogP contribution >= 0.6 is 0 Å². The van der Waals surface area contributed by atoms with Crippen molar-refractivity contribution in [1.29, 1.82) is 0 Å². The first kappa shape index (κ1) is 18.0. The van der Waals surface area contributed by atoms with E-state index in [1.54, 1.807) is 25.1 Å².